The third-order valence-electron chi connectivity index (χ3n) is 2.97. The highest BCUT2D eigenvalue weighted by Gasteiger charge is 2.16. The van der Waals surface area contributed by atoms with Gasteiger partial charge in [0.05, 0.1) is 15.8 Å². The van der Waals surface area contributed by atoms with E-state index < -0.39 is 5.60 Å². The van der Waals surface area contributed by atoms with E-state index in [-0.39, 0.29) is 5.82 Å². The highest BCUT2D eigenvalue weighted by atomic mass is 32.2. The number of benzene rings is 1. The van der Waals surface area contributed by atoms with Gasteiger partial charge in [0.2, 0.25) is 0 Å². The quantitative estimate of drug-likeness (QED) is 0.569. The molecule has 2 heterocycles. The molecule has 1 aromatic carbocycles. The average Bonchev–Trinajstić information content (AvgIpc) is 2.89. The molecule has 0 amide bonds. The van der Waals surface area contributed by atoms with E-state index in [9.17, 15) is 9.50 Å². The Hall–Kier alpha value is -1.50. The van der Waals surface area contributed by atoms with Crippen molar-refractivity contribution in [3.05, 3.63) is 42.5 Å². The number of halogens is 1. The van der Waals surface area contributed by atoms with Crippen molar-refractivity contribution in [2.45, 2.75) is 24.5 Å². The van der Waals surface area contributed by atoms with E-state index in [1.54, 1.807) is 37.3 Å². The first kappa shape index (κ1) is 15.4. The number of hydrogen-bond acceptors (Lipinski definition) is 5. The van der Waals surface area contributed by atoms with Gasteiger partial charge >= 0.3 is 0 Å². The molecular formula is C16H15FN2OS2. The molecule has 0 unspecified atom stereocenters. The molecule has 0 aliphatic heterocycles. The van der Waals surface area contributed by atoms with E-state index >= 15 is 0 Å². The van der Waals surface area contributed by atoms with Gasteiger partial charge in [-0.1, -0.05) is 12.1 Å². The molecule has 0 radical (unpaired) electrons. The number of fused-ring (bicyclic) bond motifs is 1. The first-order valence-corrected chi connectivity index (χ1v) is 8.58. The fourth-order valence-corrected chi connectivity index (χ4v) is 4.09. The smallest absolute Gasteiger partial charge is 0.123 e. The summed E-state index contributed by atoms with van der Waals surface area (Å²) in [6.45, 7) is 3.55. The maximum absolute atomic E-state index is 13.0. The zero-order valence-electron chi connectivity index (χ0n) is 12.2. The summed E-state index contributed by atoms with van der Waals surface area (Å²) < 4.78 is 14.0. The van der Waals surface area contributed by atoms with Gasteiger partial charge in [-0.3, -0.25) is 0 Å². The topological polar surface area (TPSA) is 46.0 Å². The van der Waals surface area contributed by atoms with Gasteiger partial charge in [-0.15, -0.1) is 23.1 Å². The fraction of sp³-hybridized carbons (Fsp3) is 0.250. The van der Waals surface area contributed by atoms with Crippen molar-refractivity contribution in [1.82, 2.24) is 9.97 Å². The molecule has 3 nitrogen and oxygen atoms in total. The molecule has 0 saturated heterocycles. The molecule has 2 aromatic heterocycles. The van der Waals surface area contributed by atoms with E-state index in [0.29, 0.717) is 5.75 Å². The Labute approximate surface area is 136 Å². The SMILES string of the molecule is CC(C)(O)CSc1ncnc2cc(-c3ccc(F)cc3)sc12. The zero-order valence-corrected chi connectivity index (χ0v) is 13.8. The Morgan fingerprint density at radius 3 is 2.64 bits per heavy atom. The summed E-state index contributed by atoms with van der Waals surface area (Å²) >= 11 is 3.10. The predicted molar refractivity (Wildman–Crippen MR) is 89.8 cm³/mol. The molecule has 6 heteroatoms. The van der Waals surface area contributed by atoms with Gasteiger partial charge in [-0.25, -0.2) is 14.4 Å². The second kappa shape index (κ2) is 5.95. The Bertz CT molecular complexity index is 794. The maximum Gasteiger partial charge on any atom is 0.123 e. The standard InChI is InChI=1S/C16H15FN2OS2/c1-16(2,20)8-21-15-14-12(18-9-19-15)7-13(22-14)10-3-5-11(17)6-4-10/h3-7,9,20H,8H2,1-2H3. The van der Waals surface area contributed by atoms with Crippen LogP contribution in [-0.2, 0) is 0 Å². The van der Waals surface area contributed by atoms with Crippen molar-refractivity contribution in [3.63, 3.8) is 0 Å². The van der Waals surface area contributed by atoms with Gasteiger partial charge in [0, 0.05) is 10.6 Å². The maximum atomic E-state index is 13.0. The molecule has 0 saturated carbocycles. The van der Waals surface area contributed by atoms with E-state index in [2.05, 4.69) is 9.97 Å². The minimum atomic E-state index is -0.751. The number of hydrogen-bond donors (Lipinski definition) is 1. The molecule has 0 bridgehead atoms. The van der Waals surface area contributed by atoms with Crippen molar-refractivity contribution < 1.29 is 9.50 Å². The molecule has 0 fully saturated rings. The van der Waals surface area contributed by atoms with Crippen LogP contribution in [0.2, 0.25) is 0 Å². The van der Waals surface area contributed by atoms with Crippen molar-refractivity contribution in [3.8, 4) is 10.4 Å². The number of thiophene rings is 1. The normalized spacial score (nSPS) is 12.0. The van der Waals surface area contributed by atoms with Gasteiger partial charge in [-0.05, 0) is 37.6 Å². The van der Waals surface area contributed by atoms with Gasteiger partial charge in [0.15, 0.2) is 0 Å². The predicted octanol–water partition coefficient (Wildman–Crippen LogP) is 4.36. The summed E-state index contributed by atoms with van der Waals surface area (Å²) in [5.41, 5.74) is 1.08. The van der Waals surface area contributed by atoms with Gasteiger partial charge in [0.25, 0.3) is 0 Å². The van der Waals surface area contributed by atoms with Crippen LogP contribution in [0.1, 0.15) is 13.8 Å². The molecule has 0 aliphatic rings. The van der Waals surface area contributed by atoms with E-state index in [1.165, 1.54) is 30.2 Å². The summed E-state index contributed by atoms with van der Waals surface area (Å²) in [6.07, 6.45) is 1.54. The molecule has 1 N–H and O–H groups in total. The minimum Gasteiger partial charge on any atom is -0.390 e. The Morgan fingerprint density at radius 2 is 1.95 bits per heavy atom. The monoisotopic (exact) mass is 334 g/mol. The molecule has 0 spiro atoms. The average molecular weight is 334 g/mol. The molecule has 0 aliphatic carbocycles. The lowest BCUT2D eigenvalue weighted by Gasteiger charge is -2.15. The van der Waals surface area contributed by atoms with Crippen LogP contribution in [0.3, 0.4) is 0 Å². The Kier molecular flexibility index (Phi) is 4.16. The first-order valence-electron chi connectivity index (χ1n) is 6.78. The van der Waals surface area contributed by atoms with Crippen LogP contribution in [0, 0.1) is 5.82 Å². The molecule has 3 aromatic rings. The lowest BCUT2D eigenvalue weighted by molar-refractivity contribution is 0.107. The van der Waals surface area contributed by atoms with Crippen LogP contribution in [-0.4, -0.2) is 26.4 Å². The highest BCUT2D eigenvalue weighted by molar-refractivity contribution is 7.99. The lowest BCUT2D eigenvalue weighted by atomic mass is 10.2. The number of aromatic nitrogens is 2. The van der Waals surface area contributed by atoms with Gasteiger partial charge in [-0.2, -0.15) is 0 Å². The van der Waals surface area contributed by atoms with Crippen LogP contribution in [0.4, 0.5) is 4.39 Å². The summed E-state index contributed by atoms with van der Waals surface area (Å²) in [6, 6.07) is 8.42. The largest absolute Gasteiger partial charge is 0.390 e. The Morgan fingerprint density at radius 1 is 1.23 bits per heavy atom. The molecule has 22 heavy (non-hydrogen) atoms. The third-order valence-corrected chi connectivity index (χ3v) is 5.71. The number of thioether (sulfide) groups is 1. The summed E-state index contributed by atoms with van der Waals surface area (Å²) in [7, 11) is 0. The minimum absolute atomic E-state index is 0.244. The number of rotatable bonds is 4. The molecule has 0 atom stereocenters. The first-order chi connectivity index (χ1) is 10.4. The van der Waals surface area contributed by atoms with Crippen molar-refractivity contribution in [2.75, 3.05) is 5.75 Å². The van der Waals surface area contributed by atoms with Crippen molar-refractivity contribution >= 4 is 33.3 Å². The van der Waals surface area contributed by atoms with Crippen LogP contribution in [0.15, 0.2) is 41.7 Å². The van der Waals surface area contributed by atoms with Crippen LogP contribution < -0.4 is 0 Å². The third kappa shape index (κ3) is 3.45. The van der Waals surface area contributed by atoms with Gasteiger partial charge < -0.3 is 5.11 Å². The number of nitrogens with zero attached hydrogens (tertiary/aromatic N) is 2. The number of aliphatic hydroxyl groups is 1. The van der Waals surface area contributed by atoms with Crippen LogP contribution >= 0.6 is 23.1 Å². The Balaban J connectivity index is 1.97. The second-order valence-corrected chi connectivity index (χ2v) is 7.63. The second-order valence-electron chi connectivity index (χ2n) is 5.61. The summed E-state index contributed by atoms with van der Waals surface area (Å²) in [4.78, 5) is 9.65. The highest BCUT2D eigenvalue weighted by Crippen LogP contribution is 2.37. The van der Waals surface area contributed by atoms with Crippen LogP contribution in [0.25, 0.3) is 20.7 Å². The lowest BCUT2D eigenvalue weighted by Crippen LogP contribution is -2.21. The van der Waals surface area contributed by atoms with E-state index in [4.69, 9.17) is 0 Å². The molecule has 114 valence electrons. The van der Waals surface area contributed by atoms with E-state index in [0.717, 1.165) is 25.7 Å². The fourth-order valence-electron chi connectivity index (χ4n) is 1.94. The van der Waals surface area contributed by atoms with E-state index in [1.807, 2.05) is 6.07 Å². The molecular weight excluding hydrogens is 319 g/mol. The van der Waals surface area contributed by atoms with Crippen molar-refractivity contribution in [1.29, 1.82) is 0 Å². The van der Waals surface area contributed by atoms with Gasteiger partial charge in [0.1, 0.15) is 17.2 Å². The van der Waals surface area contributed by atoms with Crippen molar-refractivity contribution in [2.24, 2.45) is 0 Å². The summed E-state index contributed by atoms with van der Waals surface area (Å²) in [5.74, 6) is 0.314. The summed E-state index contributed by atoms with van der Waals surface area (Å²) in [5, 5.41) is 10.7. The zero-order chi connectivity index (χ0) is 15.7. The molecule has 3 rings (SSSR count). The van der Waals surface area contributed by atoms with Crippen LogP contribution in [0.5, 0.6) is 0 Å².